The minimum absolute atomic E-state index is 0.0138. The predicted molar refractivity (Wildman–Crippen MR) is 211 cm³/mol. The van der Waals surface area contributed by atoms with Crippen molar-refractivity contribution in [2.45, 2.75) is 110 Å². The van der Waals surface area contributed by atoms with Gasteiger partial charge < -0.3 is 37.5 Å². The van der Waals surface area contributed by atoms with Crippen LogP contribution in [-0.4, -0.2) is 77.5 Å². The number of amides is 2. The second-order valence-electron chi connectivity index (χ2n) is 16.6. The van der Waals surface area contributed by atoms with Crippen molar-refractivity contribution in [2.75, 3.05) is 11.9 Å². The summed E-state index contributed by atoms with van der Waals surface area (Å²) < 4.78 is 40.7. The van der Waals surface area contributed by atoms with Crippen molar-refractivity contribution in [1.82, 2.24) is 19.9 Å². The molecule has 0 aliphatic heterocycles. The summed E-state index contributed by atoms with van der Waals surface area (Å²) in [6.07, 6.45) is -2.89. The Hall–Kier alpha value is -6.00. The zero-order chi connectivity index (χ0) is 43.3. The summed E-state index contributed by atoms with van der Waals surface area (Å²) in [5.41, 5.74) is -1.08. The van der Waals surface area contributed by atoms with Crippen LogP contribution < -0.4 is 16.5 Å². The Morgan fingerprint density at radius 3 is 2.37 bits per heavy atom. The van der Waals surface area contributed by atoms with Crippen LogP contribution in [0, 0.1) is 30.1 Å². The van der Waals surface area contributed by atoms with E-state index < -0.39 is 86.0 Å². The van der Waals surface area contributed by atoms with Crippen LogP contribution >= 0.6 is 0 Å². The molecule has 0 bridgehead atoms. The van der Waals surface area contributed by atoms with Gasteiger partial charge in [-0.1, -0.05) is 44.2 Å². The second kappa shape index (κ2) is 17.9. The molecule has 5 rings (SSSR count). The summed E-state index contributed by atoms with van der Waals surface area (Å²) in [7, 11) is -2.59. The number of hydrogen-bond donors (Lipinski definition) is 2. The molecule has 59 heavy (non-hydrogen) atoms. The van der Waals surface area contributed by atoms with E-state index in [0.29, 0.717) is 5.69 Å². The molecule has 5 atom stereocenters. The van der Waals surface area contributed by atoms with Crippen molar-refractivity contribution < 1.29 is 51.4 Å². The normalized spacial score (nSPS) is 19.8. The molecule has 316 valence electrons. The first-order valence-electron chi connectivity index (χ1n) is 19.0. The molecule has 1 aliphatic carbocycles. The summed E-state index contributed by atoms with van der Waals surface area (Å²) >= 11 is 0. The molecule has 2 N–H and O–H groups in total. The smallest absolute Gasteiger partial charge is 0.465 e. The Balaban J connectivity index is 1.51. The molecule has 19 heteroatoms. The number of anilines is 1. The lowest BCUT2D eigenvalue weighted by Gasteiger charge is -2.36. The van der Waals surface area contributed by atoms with E-state index in [4.69, 9.17) is 32.2 Å². The average molecular weight is 835 g/mol. The number of esters is 2. The van der Waals surface area contributed by atoms with Gasteiger partial charge in [-0.05, 0) is 77.4 Å². The van der Waals surface area contributed by atoms with E-state index in [9.17, 15) is 29.2 Å². The molecule has 18 nitrogen and oxygen atoms in total. The van der Waals surface area contributed by atoms with Crippen LogP contribution in [0.2, 0.25) is 19.6 Å². The topological polar surface area (TPSA) is 236 Å². The molecule has 1 fully saturated rings. The summed E-state index contributed by atoms with van der Waals surface area (Å²) in [5, 5.41) is 20.9. The molecule has 3 heterocycles. The number of fused-ring (bicyclic) bond motifs is 1. The zero-order valence-electron chi connectivity index (χ0n) is 34.5. The van der Waals surface area contributed by atoms with Crippen LogP contribution in [0.5, 0.6) is 0 Å². The molecule has 0 spiro atoms. The van der Waals surface area contributed by atoms with Gasteiger partial charge in [0.15, 0.2) is 32.3 Å². The van der Waals surface area contributed by atoms with E-state index in [0.717, 1.165) is 5.56 Å². The van der Waals surface area contributed by atoms with Crippen molar-refractivity contribution in [3.05, 3.63) is 82.2 Å². The lowest BCUT2D eigenvalue weighted by atomic mass is 9.81. The van der Waals surface area contributed by atoms with Crippen molar-refractivity contribution in [3.8, 4) is 6.07 Å². The number of hydrogen-bond acceptors (Lipinski definition) is 15. The summed E-state index contributed by atoms with van der Waals surface area (Å²) in [5.74, 6) is -3.27. The van der Waals surface area contributed by atoms with E-state index in [1.54, 1.807) is 58.9 Å². The van der Waals surface area contributed by atoms with Gasteiger partial charge in [0.25, 0.3) is 0 Å². The number of nitrogens with zero attached hydrogens (tertiary/aromatic N) is 4. The highest BCUT2D eigenvalue weighted by Gasteiger charge is 2.60. The largest absolute Gasteiger partial charge is 0.519 e. The van der Waals surface area contributed by atoms with Crippen LogP contribution in [-0.2, 0) is 51.4 Å². The number of nitrogens with one attached hydrogen (secondary N) is 2. The quantitative estimate of drug-likeness (QED) is 0.0896. The third-order valence-electron chi connectivity index (χ3n) is 9.31. The molecule has 1 aromatic carbocycles. The molecule has 1 unspecified atom stereocenters. The Morgan fingerprint density at radius 2 is 1.76 bits per heavy atom. The standard InChI is InChI=1S/C40H50N6O12Si/c1-23(2)31(44-37(50)57-39(4,5)6)35(48)56-32-26(19-52-30(47)17-25-13-11-10-12-14-25)18-40(21-41,33(32)58-59(7,8)9)29-16-15-27-34(42-22-43-46(27)29)45-36(49)53-20-28-24(3)54-38(51)55-28/h10-16,22-23,26,31-33H,17-20H2,1-9H3,(H,44,50)(H,42,43,45,49)/t26-,31+,32-,33?,40-/m1/s1. The lowest BCUT2D eigenvalue weighted by Crippen LogP contribution is -2.52. The van der Waals surface area contributed by atoms with Gasteiger partial charge in [0, 0.05) is 5.92 Å². The maximum atomic E-state index is 14.2. The Kier molecular flexibility index (Phi) is 13.4. The highest BCUT2D eigenvalue weighted by atomic mass is 28.4. The molecule has 1 aliphatic rings. The maximum absolute atomic E-state index is 14.2. The van der Waals surface area contributed by atoms with Crippen LogP contribution in [0.1, 0.15) is 63.8 Å². The van der Waals surface area contributed by atoms with Crippen molar-refractivity contribution in [2.24, 2.45) is 11.8 Å². The van der Waals surface area contributed by atoms with E-state index in [2.05, 4.69) is 26.8 Å². The average Bonchev–Trinajstić information content (AvgIpc) is 3.81. The van der Waals surface area contributed by atoms with Crippen LogP contribution in [0.3, 0.4) is 0 Å². The molecule has 2 amide bonds. The van der Waals surface area contributed by atoms with Gasteiger partial charge in [-0.3, -0.25) is 10.1 Å². The molecule has 4 aromatic rings. The number of aryl methyl sites for hydroxylation is 1. The van der Waals surface area contributed by atoms with Crippen LogP contribution in [0.4, 0.5) is 15.4 Å². The monoisotopic (exact) mass is 834 g/mol. The molecular formula is C40H50N6O12Si. The third kappa shape index (κ3) is 10.9. The number of nitriles is 1. The fourth-order valence-electron chi connectivity index (χ4n) is 6.74. The first-order chi connectivity index (χ1) is 27.7. The fraction of sp³-hybridized carbons (Fsp3) is 0.500. The molecule has 1 saturated carbocycles. The van der Waals surface area contributed by atoms with Gasteiger partial charge in [-0.15, -0.1) is 0 Å². The Labute approximate surface area is 341 Å². The van der Waals surface area contributed by atoms with Crippen molar-refractivity contribution >= 4 is 43.8 Å². The van der Waals surface area contributed by atoms with Crippen LogP contribution in [0.25, 0.3) is 5.52 Å². The lowest BCUT2D eigenvalue weighted by molar-refractivity contribution is -0.162. The molecular weight excluding hydrogens is 785 g/mol. The number of benzene rings is 1. The van der Waals surface area contributed by atoms with Gasteiger partial charge >= 0.3 is 29.9 Å². The highest BCUT2D eigenvalue weighted by molar-refractivity contribution is 6.69. The Bertz CT molecular complexity index is 2250. The number of rotatable bonds is 14. The van der Waals surface area contributed by atoms with Gasteiger partial charge in [-0.25, -0.2) is 28.7 Å². The summed E-state index contributed by atoms with van der Waals surface area (Å²) in [6, 6.07) is 13.6. The first-order valence-corrected chi connectivity index (χ1v) is 22.5. The second-order valence-corrected chi connectivity index (χ2v) is 21.0. The fourth-order valence-corrected chi connectivity index (χ4v) is 7.84. The minimum Gasteiger partial charge on any atom is -0.465 e. The summed E-state index contributed by atoms with van der Waals surface area (Å²) in [4.78, 5) is 68.7. The number of ether oxygens (including phenoxy) is 4. The van der Waals surface area contributed by atoms with Gasteiger partial charge in [0.05, 0.1) is 24.8 Å². The third-order valence-corrected chi connectivity index (χ3v) is 10.3. The van der Waals surface area contributed by atoms with Gasteiger partial charge in [0.2, 0.25) is 0 Å². The van der Waals surface area contributed by atoms with E-state index >= 15 is 0 Å². The highest BCUT2D eigenvalue weighted by Crippen LogP contribution is 2.49. The molecule has 3 aromatic heterocycles. The van der Waals surface area contributed by atoms with Crippen molar-refractivity contribution in [1.29, 1.82) is 5.26 Å². The number of alkyl carbamates (subject to hydrolysis) is 1. The number of aromatic nitrogens is 3. The number of carbonyl (C=O) groups is 4. The van der Waals surface area contributed by atoms with Gasteiger partial charge in [-0.2, -0.15) is 10.4 Å². The van der Waals surface area contributed by atoms with Gasteiger partial charge in [0.1, 0.15) is 41.1 Å². The number of carbonyl (C=O) groups excluding carboxylic acids is 4. The van der Waals surface area contributed by atoms with Crippen LogP contribution in [0.15, 0.2) is 62.4 Å². The molecule has 0 radical (unpaired) electrons. The maximum Gasteiger partial charge on any atom is 0.519 e. The predicted octanol–water partition coefficient (Wildman–Crippen LogP) is 5.58. The van der Waals surface area contributed by atoms with E-state index in [1.165, 1.54) is 17.8 Å². The SMILES string of the molecule is Cc1oc(=O)oc1COC(=O)Nc1ncnn2c([C@]3(C#N)C[C@H](COC(=O)Cc4ccccc4)[C@@H](OC(=O)[C@@H](NC(=O)OC(C)(C)C)C(C)C)C3O[Si](C)(C)C)ccc12. The van der Waals surface area contributed by atoms with E-state index in [1.807, 2.05) is 37.8 Å². The molecule has 0 saturated heterocycles. The Morgan fingerprint density at radius 1 is 1.05 bits per heavy atom. The zero-order valence-corrected chi connectivity index (χ0v) is 35.5. The van der Waals surface area contributed by atoms with Crippen molar-refractivity contribution in [3.63, 3.8) is 0 Å². The minimum atomic E-state index is -2.59. The summed E-state index contributed by atoms with van der Waals surface area (Å²) in [6.45, 7) is 15.2. The first kappa shape index (κ1) is 44.1. The van der Waals surface area contributed by atoms with E-state index in [-0.39, 0.29) is 42.3 Å².